The SMILES string of the molecule is COC(=O)c1csc(NCc2cccc(Br)c2)n1. The first-order valence-electron chi connectivity index (χ1n) is 5.21. The molecule has 0 bridgehead atoms. The Bertz CT molecular complexity index is 557. The van der Waals surface area contributed by atoms with Gasteiger partial charge in [0.1, 0.15) is 0 Å². The van der Waals surface area contributed by atoms with E-state index >= 15 is 0 Å². The zero-order valence-corrected chi connectivity index (χ0v) is 12.0. The van der Waals surface area contributed by atoms with Crippen LogP contribution >= 0.6 is 27.3 Å². The highest BCUT2D eigenvalue weighted by molar-refractivity contribution is 9.10. The van der Waals surface area contributed by atoms with Crippen LogP contribution in [0.25, 0.3) is 0 Å². The summed E-state index contributed by atoms with van der Waals surface area (Å²) in [5.41, 5.74) is 1.47. The molecule has 0 aliphatic rings. The smallest absolute Gasteiger partial charge is 0.357 e. The minimum Gasteiger partial charge on any atom is -0.464 e. The number of aromatic nitrogens is 1. The molecule has 0 spiro atoms. The number of carbonyl (C=O) groups is 1. The maximum atomic E-state index is 11.2. The van der Waals surface area contributed by atoms with Gasteiger partial charge in [0.2, 0.25) is 0 Å². The zero-order valence-electron chi connectivity index (χ0n) is 9.64. The summed E-state index contributed by atoms with van der Waals surface area (Å²) in [5, 5.41) is 5.55. The fourth-order valence-corrected chi connectivity index (χ4v) is 2.50. The number of thiazole rings is 1. The summed E-state index contributed by atoms with van der Waals surface area (Å²) in [7, 11) is 1.34. The van der Waals surface area contributed by atoms with Crippen molar-refractivity contribution in [1.82, 2.24) is 4.98 Å². The first-order valence-corrected chi connectivity index (χ1v) is 6.88. The number of carbonyl (C=O) groups excluding carboxylic acids is 1. The standard InChI is InChI=1S/C12H11BrN2O2S/c1-17-11(16)10-7-18-12(15-10)14-6-8-3-2-4-9(13)5-8/h2-5,7H,6H2,1H3,(H,14,15). The highest BCUT2D eigenvalue weighted by Crippen LogP contribution is 2.18. The monoisotopic (exact) mass is 326 g/mol. The number of hydrogen-bond donors (Lipinski definition) is 1. The van der Waals surface area contributed by atoms with Crippen LogP contribution in [-0.2, 0) is 11.3 Å². The maximum Gasteiger partial charge on any atom is 0.357 e. The van der Waals surface area contributed by atoms with Gasteiger partial charge in [0.15, 0.2) is 10.8 Å². The van der Waals surface area contributed by atoms with Crippen LogP contribution in [0, 0.1) is 0 Å². The molecule has 0 atom stereocenters. The third kappa shape index (κ3) is 3.30. The largest absolute Gasteiger partial charge is 0.464 e. The van der Waals surface area contributed by atoms with E-state index in [9.17, 15) is 4.79 Å². The second-order valence-corrected chi connectivity index (χ2v) is 5.29. The molecule has 18 heavy (non-hydrogen) atoms. The number of hydrogen-bond acceptors (Lipinski definition) is 5. The molecular weight excluding hydrogens is 316 g/mol. The Balaban J connectivity index is 1.98. The van der Waals surface area contributed by atoms with Gasteiger partial charge < -0.3 is 10.1 Å². The first-order chi connectivity index (χ1) is 8.69. The third-order valence-corrected chi connectivity index (χ3v) is 3.52. The van der Waals surface area contributed by atoms with Gasteiger partial charge in [0.05, 0.1) is 7.11 Å². The Morgan fingerprint density at radius 2 is 2.39 bits per heavy atom. The van der Waals surface area contributed by atoms with Crippen molar-refractivity contribution < 1.29 is 9.53 Å². The van der Waals surface area contributed by atoms with Crippen molar-refractivity contribution in [3.05, 3.63) is 45.4 Å². The van der Waals surface area contributed by atoms with Crippen molar-refractivity contribution in [2.45, 2.75) is 6.54 Å². The summed E-state index contributed by atoms with van der Waals surface area (Å²) >= 11 is 4.80. The molecule has 0 aliphatic carbocycles. The van der Waals surface area contributed by atoms with Crippen LogP contribution in [-0.4, -0.2) is 18.1 Å². The molecule has 0 radical (unpaired) electrons. The molecule has 94 valence electrons. The van der Waals surface area contributed by atoms with Gasteiger partial charge in [-0.05, 0) is 17.7 Å². The molecule has 2 aromatic rings. The maximum absolute atomic E-state index is 11.2. The van der Waals surface area contributed by atoms with E-state index in [-0.39, 0.29) is 0 Å². The van der Waals surface area contributed by atoms with Crippen molar-refractivity contribution >= 4 is 38.4 Å². The Labute approximate surface area is 117 Å². The topological polar surface area (TPSA) is 51.2 Å². The second-order valence-electron chi connectivity index (χ2n) is 3.51. The third-order valence-electron chi connectivity index (χ3n) is 2.23. The minimum atomic E-state index is -0.415. The van der Waals surface area contributed by atoms with Gasteiger partial charge in [-0.2, -0.15) is 0 Å². The van der Waals surface area contributed by atoms with E-state index in [0.717, 1.165) is 10.0 Å². The lowest BCUT2D eigenvalue weighted by Gasteiger charge is -2.03. The molecule has 0 amide bonds. The second kappa shape index (κ2) is 5.97. The van der Waals surface area contributed by atoms with Gasteiger partial charge in [-0.15, -0.1) is 11.3 Å². The van der Waals surface area contributed by atoms with E-state index in [0.29, 0.717) is 17.4 Å². The number of anilines is 1. The molecule has 0 saturated heterocycles. The van der Waals surface area contributed by atoms with E-state index in [4.69, 9.17) is 0 Å². The van der Waals surface area contributed by atoms with Crippen LogP contribution < -0.4 is 5.32 Å². The predicted molar refractivity (Wildman–Crippen MR) is 74.9 cm³/mol. The van der Waals surface area contributed by atoms with Crippen LogP contribution in [0.4, 0.5) is 5.13 Å². The molecule has 6 heteroatoms. The normalized spacial score (nSPS) is 10.1. The fourth-order valence-electron chi connectivity index (χ4n) is 1.38. The molecule has 0 fully saturated rings. The Morgan fingerprint density at radius 1 is 1.56 bits per heavy atom. The molecule has 4 nitrogen and oxygen atoms in total. The Kier molecular flexibility index (Phi) is 4.33. The van der Waals surface area contributed by atoms with Gasteiger partial charge in [0.25, 0.3) is 0 Å². The molecule has 0 aliphatic heterocycles. The van der Waals surface area contributed by atoms with E-state index in [1.165, 1.54) is 18.4 Å². The van der Waals surface area contributed by atoms with Crippen LogP contribution in [0.15, 0.2) is 34.1 Å². The van der Waals surface area contributed by atoms with Gasteiger partial charge in [-0.25, -0.2) is 9.78 Å². The summed E-state index contributed by atoms with van der Waals surface area (Å²) in [5.74, 6) is -0.415. The van der Waals surface area contributed by atoms with E-state index in [1.807, 2.05) is 24.3 Å². The zero-order chi connectivity index (χ0) is 13.0. The molecule has 1 aromatic heterocycles. The van der Waals surface area contributed by atoms with E-state index < -0.39 is 5.97 Å². The average Bonchev–Trinajstić information content (AvgIpc) is 2.84. The van der Waals surface area contributed by atoms with Crippen LogP contribution in [0.3, 0.4) is 0 Å². The average molecular weight is 327 g/mol. The number of methoxy groups -OCH3 is 1. The Hall–Kier alpha value is -1.40. The summed E-state index contributed by atoms with van der Waals surface area (Å²) < 4.78 is 5.64. The predicted octanol–water partition coefficient (Wildman–Crippen LogP) is 3.30. The molecule has 1 N–H and O–H groups in total. The highest BCUT2D eigenvalue weighted by atomic mass is 79.9. The van der Waals surface area contributed by atoms with Crippen molar-refractivity contribution in [3.63, 3.8) is 0 Å². The minimum absolute atomic E-state index is 0.333. The van der Waals surface area contributed by atoms with E-state index in [2.05, 4.69) is 31.0 Å². The molecule has 0 saturated carbocycles. The molecule has 2 rings (SSSR count). The summed E-state index contributed by atoms with van der Waals surface area (Å²) in [6, 6.07) is 8.00. The van der Waals surface area contributed by atoms with Crippen molar-refractivity contribution in [1.29, 1.82) is 0 Å². The first kappa shape index (κ1) is 13.0. The highest BCUT2D eigenvalue weighted by Gasteiger charge is 2.10. The number of nitrogens with one attached hydrogen (secondary N) is 1. The van der Waals surface area contributed by atoms with Crippen molar-refractivity contribution in [2.75, 3.05) is 12.4 Å². The number of nitrogens with zero attached hydrogens (tertiary/aromatic N) is 1. The van der Waals surface area contributed by atoms with Crippen LogP contribution in [0.2, 0.25) is 0 Å². The van der Waals surface area contributed by atoms with Gasteiger partial charge in [0, 0.05) is 16.4 Å². The number of benzene rings is 1. The molecule has 1 heterocycles. The Morgan fingerprint density at radius 3 is 3.11 bits per heavy atom. The van der Waals surface area contributed by atoms with Crippen molar-refractivity contribution in [3.8, 4) is 0 Å². The van der Waals surface area contributed by atoms with Gasteiger partial charge >= 0.3 is 5.97 Å². The van der Waals surface area contributed by atoms with Gasteiger partial charge in [-0.3, -0.25) is 0 Å². The molecular formula is C12H11BrN2O2S. The van der Waals surface area contributed by atoms with E-state index in [1.54, 1.807) is 5.38 Å². The fraction of sp³-hybridized carbons (Fsp3) is 0.167. The summed E-state index contributed by atoms with van der Waals surface area (Å²) in [4.78, 5) is 15.4. The lowest BCUT2D eigenvalue weighted by Crippen LogP contribution is -2.03. The molecule has 0 unspecified atom stereocenters. The van der Waals surface area contributed by atoms with Crippen LogP contribution in [0.1, 0.15) is 16.1 Å². The quantitative estimate of drug-likeness (QED) is 0.876. The lowest BCUT2D eigenvalue weighted by atomic mass is 10.2. The lowest BCUT2D eigenvalue weighted by molar-refractivity contribution is 0.0595. The van der Waals surface area contributed by atoms with Gasteiger partial charge in [-0.1, -0.05) is 28.1 Å². The number of ether oxygens (including phenoxy) is 1. The summed E-state index contributed by atoms with van der Waals surface area (Å²) in [6.45, 7) is 0.660. The molecule has 1 aromatic carbocycles. The van der Waals surface area contributed by atoms with Crippen molar-refractivity contribution in [2.24, 2.45) is 0 Å². The summed E-state index contributed by atoms with van der Waals surface area (Å²) in [6.07, 6.45) is 0. The number of esters is 1. The van der Waals surface area contributed by atoms with Crippen LogP contribution in [0.5, 0.6) is 0 Å². The number of rotatable bonds is 4. The number of halogens is 1.